The summed E-state index contributed by atoms with van der Waals surface area (Å²) >= 11 is 5.37. The molecule has 0 aliphatic rings. The average Bonchev–Trinajstić information content (AvgIpc) is 2.15. The molecule has 0 atom stereocenters. The van der Waals surface area contributed by atoms with Gasteiger partial charge in [-0.1, -0.05) is 12.0 Å². The van der Waals surface area contributed by atoms with Crippen molar-refractivity contribution < 1.29 is 5.11 Å². The van der Waals surface area contributed by atoms with Crippen LogP contribution in [-0.4, -0.2) is 16.0 Å². The fourth-order valence-electron chi connectivity index (χ4n) is 0.761. The normalized spacial score (nSPS) is 8.83. The van der Waals surface area contributed by atoms with Crippen LogP contribution in [0.15, 0.2) is 18.2 Å². The molecule has 0 aromatic carbocycles. The molecule has 0 unspecified atom stereocenters. The molecule has 0 fully saturated rings. The Morgan fingerprint density at radius 1 is 1.50 bits per heavy atom. The standard InChI is InChI=1S/C9H8ClNO/c10-6-2-5-8-3-1-4-9(7-12)11-8/h1,3-4,12H,6-7H2. The largest absolute Gasteiger partial charge is 0.390 e. The first-order valence-corrected chi connectivity index (χ1v) is 4.02. The van der Waals surface area contributed by atoms with E-state index in [1.165, 1.54) is 0 Å². The molecular formula is C9H8ClNO. The lowest BCUT2D eigenvalue weighted by Gasteiger charge is -1.93. The van der Waals surface area contributed by atoms with Crippen LogP contribution < -0.4 is 0 Å². The zero-order valence-electron chi connectivity index (χ0n) is 6.42. The van der Waals surface area contributed by atoms with Gasteiger partial charge in [0.05, 0.1) is 18.2 Å². The second kappa shape index (κ2) is 4.76. The number of alkyl halides is 1. The Bertz CT molecular complexity index is 314. The maximum Gasteiger partial charge on any atom is 0.113 e. The zero-order valence-corrected chi connectivity index (χ0v) is 7.17. The maximum absolute atomic E-state index is 8.75. The highest BCUT2D eigenvalue weighted by atomic mass is 35.5. The number of aromatic nitrogens is 1. The van der Waals surface area contributed by atoms with E-state index >= 15 is 0 Å². The van der Waals surface area contributed by atoms with E-state index in [1.54, 1.807) is 18.2 Å². The molecule has 62 valence electrons. The first kappa shape index (κ1) is 9.05. The van der Waals surface area contributed by atoms with Gasteiger partial charge in [-0.15, -0.1) is 11.6 Å². The van der Waals surface area contributed by atoms with Crippen LogP contribution in [0.3, 0.4) is 0 Å². The van der Waals surface area contributed by atoms with Gasteiger partial charge in [0.1, 0.15) is 5.69 Å². The monoisotopic (exact) mass is 181 g/mol. The van der Waals surface area contributed by atoms with Gasteiger partial charge in [-0.3, -0.25) is 0 Å². The van der Waals surface area contributed by atoms with Gasteiger partial charge >= 0.3 is 0 Å². The lowest BCUT2D eigenvalue weighted by atomic mass is 10.3. The summed E-state index contributed by atoms with van der Waals surface area (Å²) in [6.07, 6.45) is 0. The minimum absolute atomic E-state index is 0.0591. The van der Waals surface area contributed by atoms with Crippen molar-refractivity contribution in [2.45, 2.75) is 6.61 Å². The Balaban J connectivity index is 2.86. The van der Waals surface area contributed by atoms with Gasteiger partial charge in [0.15, 0.2) is 0 Å². The lowest BCUT2D eigenvalue weighted by molar-refractivity contribution is 0.277. The predicted molar refractivity (Wildman–Crippen MR) is 47.8 cm³/mol. The quantitative estimate of drug-likeness (QED) is 0.521. The van der Waals surface area contributed by atoms with E-state index < -0.39 is 0 Å². The van der Waals surface area contributed by atoms with Crippen LogP contribution in [0.25, 0.3) is 0 Å². The molecule has 0 amide bonds. The summed E-state index contributed by atoms with van der Waals surface area (Å²) in [5.41, 5.74) is 1.26. The van der Waals surface area contributed by atoms with Crippen molar-refractivity contribution in [2.75, 3.05) is 5.88 Å². The third kappa shape index (κ3) is 2.54. The molecule has 1 heterocycles. The second-order valence-corrected chi connectivity index (χ2v) is 2.37. The number of hydrogen-bond acceptors (Lipinski definition) is 2. The second-order valence-electron chi connectivity index (χ2n) is 2.11. The minimum Gasteiger partial charge on any atom is -0.390 e. The molecular weight excluding hydrogens is 174 g/mol. The van der Waals surface area contributed by atoms with Gasteiger partial charge in [-0.25, -0.2) is 4.98 Å². The van der Waals surface area contributed by atoms with Crippen LogP contribution >= 0.6 is 11.6 Å². The molecule has 1 rings (SSSR count). The van der Waals surface area contributed by atoms with Gasteiger partial charge in [0, 0.05) is 0 Å². The molecule has 0 radical (unpaired) electrons. The van der Waals surface area contributed by atoms with Crippen LogP contribution in [0.4, 0.5) is 0 Å². The molecule has 0 spiro atoms. The first-order valence-electron chi connectivity index (χ1n) is 3.48. The summed E-state index contributed by atoms with van der Waals surface area (Å²) in [6.45, 7) is -0.0591. The molecule has 0 bridgehead atoms. The average molecular weight is 182 g/mol. The SMILES string of the molecule is OCc1cccc(C#CCCl)n1. The Labute approximate surface area is 76.2 Å². The van der Waals surface area contributed by atoms with Crippen molar-refractivity contribution in [2.24, 2.45) is 0 Å². The summed E-state index contributed by atoms with van der Waals surface area (Å²) in [6, 6.07) is 5.32. The number of aliphatic hydroxyl groups is 1. The van der Waals surface area contributed by atoms with Crippen LogP contribution in [-0.2, 0) is 6.61 Å². The molecule has 1 aromatic heterocycles. The maximum atomic E-state index is 8.75. The van der Waals surface area contributed by atoms with E-state index in [2.05, 4.69) is 16.8 Å². The predicted octanol–water partition coefficient (Wildman–Crippen LogP) is 1.16. The van der Waals surface area contributed by atoms with Crippen molar-refractivity contribution >= 4 is 11.6 Å². The third-order valence-electron chi connectivity index (χ3n) is 1.25. The summed E-state index contributed by atoms with van der Waals surface area (Å²) in [5, 5.41) is 8.75. The van der Waals surface area contributed by atoms with E-state index in [1.807, 2.05) is 0 Å². The summed E-state index contributed by atoms with van der Waals surface area (Å²) in [7, 11) is 0. The van der Waals surface area contributed by atoms with E-state index in [0.29, 0.717) is 17.3 Å². The van der Waals surface area contributed by atoms with E-state index in [0.717, 1.165) is 0 Å². The third-order valence-corrected chi connectivity index (χ3v) is 1.39. The minimum atomic E-state index is -0.0591. The van der Waals surface area contributed by atoms with Gasteiger partial charge in [0.2, 0.25) is 0 Å². The Hall–Kier alpha value is -1.04. The highest BCUT2D eigenvalue weighted by Gasteiger charge is 1.91. The van der Waals surface area contributed by atoms with E-state index in [9.17, 15) is 0 Å². The first-order chi connectivity index (χ1) is 5.86. The van der Waals surface area contributed by atoms with Crippen molar-refractivity contribution in [3.63, 3.8) is 0 Å². The van der Waals surface area contributed by atoms with Crippen molar-refractivity contribution in [3.05, 3.63) is 29.6 Å². The van der Waals surface area contributed by atoms with Crippen LogP contribution in [0.5, 0.6) is 0 Å². The van der Waals surface area contributed by atoms with Gasteiger partial charge < -0.3 is 5.11 Å². The summed E-state index contributed by atoms with van der Waals surface area (Å²) < 4.78 is 0. The molecule has 0 saturated heterocycles. The summed E-state index contributed by atoms with van der Waals surface area (Å²) in [4.78, 5) is 4.05. The lowest BCUT2D eigenvalue weighted by Crippen LogP contribution is -1.90. The number of nitrogens with zero attached hydrogens (tertiary/aromatic N) is 1. The van der Waals surface area contributed by atoms with E-state index in [4.69, 9.17) is 16.7 Å². The topological polar surface area (TPSA) is 33.1 Å². The Kier molecular flexibility index (Phi) is 3.59. The zero-order chi connectivity index (χ0) is 8.81. The molecule has 1 N–H and O–H groups in total. The van der Waals surface area contributed by atoms with Gasteiger partial charge in [0.25, 0.3) is 0 Å². The fraction of sp³-hybridized carbons (Fsp3) is 0.222. The molecule has 2 nitrogen and oxygen atoms in total. The van der Waals surface area contributed by atoms with Crippen LogP contribution in [0.1, 0.15) is 11.4 Å². The molecule has 0 aliphatic heterocycles. The van der Waals surface area contributed by atoms with Crippen molar-refractivity contribution in [1.29, 1.82) is 0 Å². The molecule has 1 aromatic rings. The molecule has 0 saturated carbocycles. The van der Waals surface area contributed by atoms with Crippen LogP contribution in [0, 0.1) is 11.8 Å². The summed E-state index contributed by atoms with van der Waals surface area (Å²) in [5.74, 6) is 5.75. The van der Waals surface area contributed by atoms with Crippen molar-refractivity contribution in [3.8, 4) is 11.8 Å². The van der Waals surface area contributed by atoms with E-state index in [-0.39, 0.29) is 6.61 Å². The smallest absolute Gasteiger partial charge is 0.113 e. The van der Waals surface area contributed by atoms with Gasteiger partial charge in [-0.2, -0.15) is 0 Å². The highest BCUT2D eigenvalue weighted by molar-refractivity contribution is 6.19. The number of halogens is 1. The molecule has 3 heteroatoms. The molecule has 12 heavy (non-hydrogen) atoms. The number of rotatable bonds is 1. The fourth-order valence-corrected chi connectivity index (χ4v) is 0.828. The molecule has 0 aliphatic carbocycles. The number of aliphatic hydroxyl groups excluding tert-OH is 1. The highest BCUT2D eigenvalue weighted by Crippen LogP contribution is 1.97. The Morgan fingerprint density at radius 2 is 2.33 bits per heavy atom. The van der Waals surface area contributed by atoms with Crippen molar-refractivity contribution in [1.82, 2.24) is 4.98 Å². The number of pyridine rings is 1. The van der Waals surface area contributed by atoms with Crippen LogP contribution in [0.2, 0.25) is 0 Å². The Morgan fingerprint density at radius 3 is 3.00 bits per heavy atom. The number of hydrogen-bond donors (Lipinski definition) is 1. The van der Waals surface area contributed by atoms with Gasteiger partial charge in [-0.05, 0) is 18.1 Å².